The molecule has 0 aliphatic carbocycles. The average molecular weight is 196 g/mol. The van der Waals surface area contributed by atoms with Crippen molar-refractivity contribution in [2.45, 2.75) is 33.7 Å². The monoisotopic (exact) mass is 196 g/mol. The molecule has 3 heteroatoms. The van der Waals surface area contributed by atoms with Gasteiger partial charge in [0.1, 0.15) is 5.71 Å². The Labute approximate surface area is 86.3 Å². The van der Waals surface area contributed by atoms with E-state index in [1.165, 1.54) is 6.08 Å². The van der Waals surface area contributed by atoms with Crippen LogP contribution in [-0.4, -0.2) is 24.2 Å². The summed E-state index contributed by atoms with van der Waals surface area (Å²) in [6, 6.07) is 0.157. The van der Waals surface area contributed by atoms with Crippen molar-refractivity contribution in [1.82, 2.24) is 5.32 Å². The maximum absolute atomic E-state index is 11.6. The van der Waals surface area contributed by atoms with E-state index in [1.54, 1.807) is 0 Å². The molecule has 0 bridgehead atoms. The van der Waals surface area contributed by atoms with E-state index in [4.69, 9.17) is 0 Å². The Kier molecular flexibility index (Phi) is 5.84. The first-order valence-corrected chi connectivity index (χ1v) is 5.00. The van der Waals surface area contributed by atoms with E-state index in [1.807, 2.05) is 13.8 Å². The summed E-state index contributed by atoms with van der Waals surface area (Å²) in [5.41, 5.74) is 0.417. The van der Waals surface area contributed by atoms with Crippen LogP contribution in [0.3, 0.4) is 0 Å². The highest BCUT2D eigenvalue weighted by atomic mass is 16.1. The lowest BCUT2D eigenvalue weighted by molar-refractivity contribution is -0.115. The van der Waals surface area contributed by atoms with Crippen LogP contribution in [0.2, 0.25) is 0 Å². The second-order valence-electron chi connectivity index (χ2n) is 3.57. The van der Waals surface area contributed by atoms with E-state index in [0.717, 1.165) is 0 Å². The van der Waals surface area contributed by atoms with Crippen LogP contribution in [0.4, 0.5) is 0 Å². The maximum atomic E-state index is 11.6. The Morgan fingerprint density at radius 3 is 2.43 bits per heavy atom. The van der Waals surface area contributed by atoms with Gasteiger partial charge in [0, 0.05) is 12.6 Å². The summed E-state index contributed by atoms with van der Waals surface area (Å²) in [5, 5.41) is 2.87. The lowest BCUT2D eigenvalue weighted by Gasteiger charge is -2.17. The van der Waals surface area contributed by atoms with Crippen molar-refractivity contribution in [2.24, 2.45) is 10.9 Å². The Hall–Kier alpha value is -1.12. The standard InChI is InChI=1S/C11H20N2O/c1-6-10(12-7-2)11(14)13-9(5)8(3)4/h6,8-9H,1,7H2,2-5H3,(H,13,14)/t9-/m1/s1. The van der Waals surface area contributed by atoms with Crippen molar-refractivity contribution in [1.29, 1.82) is 0 Å². The van der Waals surface area contributed by atoms with E-state index in [0.29, 0.717) is 18.2 Å². The third-order valence-electron chi connectivity index (χ3n) is 2.11. The van der Waals surface area contributed by atoms with Crippen LogP contribution < -0.4 is 5.32 Å². The van der Waals surface area contributed by atoms with Gasteiger partial charge >= 0.3 is 0 Å². The van der Waals surface area contributed by atoms with Crippen LogP contribution in [0, 0.1) is 5.92 Å². The van der Waals surface area contributed by atoms with Gasteiger partial charge in [-0.3, -0.25) is 9.79 Å². The van der Waals surface area contributed by atoms with Crippen molar-refractivity contribution >= 4 is 11.6 Å². The van der Waals surface area contributed by atoms with Crippen LogP contribution in [0.25, 0.3) is 0 Å². The Balaban J connectivity index is 4.32. The number of carbonyl (C=O) groups excluding carboxylic acids is 1. The molecule has 0 unspecified atom stereocenters. The zero-order valence-corrected chi connectivity index (χ0v) is 9.50. The molecule has 14 heavy (non-hydrogen) atoms. The fourth-order valence-electron chi connectivity index (χ4n) is 0.847. The number of amides is 1. The summed E-state index contributed by atoms with van der Waals surface area (Å²) in [6.45, 7) is 12.2. The second kappa shape index (κ2) is 6.35. The molecule has 0 aromatic rings. The molecule has 1 N–H and O–H groups in total. The molecule has 0 saturated carbocycles. The number of rotatable bonds is 5. The van der Waals surface area contributed by atoms with Gasteiger partial charge in [0.15, 0.2) is 0 Å². The fraction of sp³-hybridized carbons (Fsp3) is 0.636. The van der Waals surface area contributed by atoms with E-state index < -0.39 is 0 Å². The summed E-state index contributed by atoms with van der Waals surface area (Å²) < 4.78 is 0. The van der Waals surface area contributed by atoms with Gasteiger partial charge in [0.05, 0.1) is 0 Å². The molecule has 0 fully saturated rings. The summed E-state index contributed by atoms with van der Waals surface area (Å²) >= 11 is 0. The summed E-state index contributed by atoms with van der Waals surface area (Å²) in [5.74, 6) is 0.287. The van der Waals surface area contributed by atoms with Crippen LogP contribution in [0.5, 0.6) is 0 Å². The molecule has 1 atom stereocenters. The van der Waals surface area contributed by atoms with E-state index >= 15 is 0 Å². The van der Waals surface area contributed by atoms with Crippen molar-refractivity contribution in [3.8, 4) is 0 Å². The number of hydrogen-bond acceptors (Lipinski definition) is 2. The lowest BCUT2D eigenvalue weighted by Crippen LogP contribution is -2.39. The highest BCUT2D eigenvalue weighted by Gasteiger charge is 2.13. The lowest BCUT2D eigenvalue weighted by atomic mass is 10.1. The topological polar surface area (TPSA) is 41.5 Å². The Bertz CT molecular complexity index is 231. The summed E-state index contributed by atoms with van der Waals surface area (Å²) in [4.78, 5) is 15.6. The van der Waals surface area contributed by atoms with Crippen molar-refractivity contribution in [3.63, 3.8) is 0 Å². The number of hydrogen-bond donors (Lipinski definition) is 1. The molecule has 0 aliphatic rings. The third kappa shape index (κ3) is 4.21. The van der Waals surface area contributed by atoms with Gasteiger partial charge < -0.3 is 5.32 Å². The summed E-state index contributed by atoms with van der Waals surface area (Å²) in [6.07, 6.45) is 1.49. The molecular weight excluding hydrogens is 176 g/mol. The molecule has 0 aromatic carbocycles. The molecule has 0 rings (SSSR count). The fourth-order valence-corrected chi connectivity index (χ4v) is 0.847. The van der Waals surface area contributed by atoms with Crippen LogP contribution in [0.1, 0.15) is 27.7 Å². The Morgan fingerprint density at radius 2 is 2.07 bits per heavy atom. The molecule has 0 radical (unpaired) electrons. The van der Waals surface area contributed by atoms with E-state index in [2.05, 4.69) is 30.7 Å². The Morgan fingerprint density at radius 1 is 1.50 bits per heavy atom. The molecule has 0 saturated heterocycles. The zero-order valence-electron chi connectivity index (χ0n) is 9.50. The molecule has 0 heterocycles. The number of nitrogens with one attached hydrogen (secondary N) is 1. The first kappa shape index (κ1) is 12.9. The van der Waals surface area contributed by atoms with Crippen LogP contribution in [0.15, 0.2) is 17.6 Å². The smallest absolute Gasteiger partial charge is 0.269 e. The van der Waals surface area contributed by atoms with Crippen LogP contribution >= 0.6 is 0 Å². The highest BCUT2D eigenvalue weighted by molar-refractivity contribution is 6.43. The average Bonchev–Trinajstić information content (AvgIpc) is 2.13. The van der Waals surface area contributed by atoms with Crippen molar-refractivity contribution in [3.05, 3.63) is 12.7 Å². The highest BCUT2D eigenvalue weighted by Crippen LogP contribution is 1.99. The predicted molar refractivity (Wildman–Crippen MR) is 60.6 cm³/mol. The largest absolute Gasteiger partial charge is 0.348 e. The number of carbonyl (C=O) groups is 1. The van der Waals surface area contributed by atoms with E-state index in [9.17, 15) is 4.79 Å². The van der Waals surface area contributed by atoms with Gasteiger partial charge in [-0.15, -0.1) is 0 Å². The molecule has 1 amide bonds. The molecule has 0 aliphatic heterocycles. The van der Waals surface area contributed by atoms with Crippen molar-refractivity contribution in [2.75, 3.05) is 6.54 Å². The van der Waals surface area contributed by atoms with Crippen molar-refractivity contribution < 1.29 is 4.79 Å². The maximum Gasteiger partial charge on any atom is 0.269 e. The molecular formula is C11H20N2O. The molecule has 0 aromatic heterocycles. The second-order valence-corrected chi connectivity index (χ2v) is 3.57. The molecule has 3 nitrogen and oxygen atoms in total. The van der Waals surface area contributed by atoms with Gasteiger partial charge in [-0.25, -0.2) is 0 Å². The minimum Gasteiger partial charge on any atom is -0.348 e. The van der Waals surface area contributed by atoms with Gasteiger partial charge in [0.25, 0.3) is 5.91 Å². The van der Waals surface area contributed by atoms with Gasteiger partial charge in [0.2, 0.25) is 0 Å². The minimum atomic E-state index is -0.136. The van der Waals surface area contributed by atoms with Crippen LogP contribution in [-0.2, 0) is 4.79 Å². The van der Waals surface area contributed by atoms with Gasteiger partial charge in [-0.1, -0.05) is 20.4 Å². The molecule has 0 spiro atoms. The van der Waals surface area contributed by atoms with Gasteiger partial charge in [-0.05, 0) is 25.8 Å². The van der Waals surface area contributed by atoms with E-state index in [-0.39, 0.29) is 11.9 Å². The minimum absolute atomic E-state index is 0.136. The quantitative estimate of drug-likeness (QED) is 0.669. The first-order valence-electron chi connectivity index (χ1n) is 5.00. The normalized spacial score (nSPS) is 13.9. The zero-order chi connectivity index (χ0) is 11.1. The summed E-state index contributed by atoms with van der Waals surface area (Å²) in [7, 11) is 0. The number of aliphatic imine (C=N–C) groups is 1. The van der Waals surface area contributed by atoms with Gasteiger partial charge in [-0.2, -0.15) is 0 Å². The SMILES string of the molecule is C=CC(=NCC)C(=O)N[C@H](C)C(C)C. The third-order valence-corrected chi connectivity index (χ3v) is 2.11. The number of nitrogens with zero attached hydrogens (tertiary/aromatic N) is 1. The molecule has 80 valence electrons. The first-order chi connectivity index (χ1) is 6.52. The predicted octanol–water partition coefficient (Wildman–Crippen LogP) is 1.79.